The maximum absolute atomic E-state index is 11.9. The number of carboxylic acid groups (broad SMARTS) is 1. The average Bonchev–Trinajstić information content (AvgIpc) is 2.80. The van der Waals surface area contributed by atoms with Crippen LogP contribution in [0.4, 0.5) is 0 Å². The fourth-order valence-electron chi connectivity index (χ4n) is 2.43. The van der Waals surface area contributed by atoms with Crippen molar-refractivity contribution in [2.45, 2.75) is 31.5 Å². The van der Waals surface area contributed by atoms with Gasteiger partial charge in [0.15, 0.2) is 12.0 Å². The zero-order valence-electron chi connectivity index (χ0n) is 13.8. The SMILES string of the molecule is CC(=O)c1cn([C@@H]2O[C@H](COP(=O)(O)CC(=O)O)[C@@H](O)[C@@H]2O)c(=O)[nH]c1=O. The number of nitrogens with one attached hydrogen (secondary N) is 1. The third kappa shape index (κ3) is 4.77. The molecule has 1 aliphatic heterocycles. The number of aliphatic carboxylic acids is 1. The Morgan fingerprint density at radius 2 is 1.96 bits per heavy atom. The molecule has 27 heavy (non-hydrogen) atoms. The predicted molar refractivity (Wildman–Crippen MR) is 85.5 cm³/mol. The van der Waals surface area contributed by atoms with Crippen LogP contribution in [-0.2, 0) is 18.6 Å². The Morgan fingerprint density at radius 1 is 1.33 bits per heavy atom. The maximum atomic E-state index is 11.9. The van der Waals surface area contributed by atoms with Gasteiger partial charge in [-0.25, -0.2) is 4.79 Å². The normalized spacial score (nSPS) is 27.3. The van der Waals surface area contributed by atoms with E-state index in [0.29, 0.717) is 4.57 Å². The molecular weight excluding hydrogens is 391 g/mol. The lowest BCUT2D eigenvalue weighted by atomic mass is 10.1. The summed E-state index contributed by atoms with van der Waals surface area (Å²) in [5, 5.41) is 28.6. The van der Waals surface area contributed by atoms with E-state index < -0.39 is 67.9 Å². The largest absolute Gasteiger partial charge is 0.481 e. The van der Waals surface area contributed by atoms with Crippen molar-refractivity contribution < 1.29 is 43.6 Å². The van der Waals surface area contributed by atoms with Gasteiger partial charge in [-0.3, -0.25) is 28.5 Å². The second kappa shape index (κ2) is 7.84. The molecule has 1 saturated heterocycles. The molecule has 2 heterocycles. The number of aliphatic hydroxyl groups is 2. The van der Waals surface area contributed by atoms with Crippen LogP contribution in [0, 0.1) is 0 Å². The number of carbonyl (C=O) groups is 2. The van der Waals surface area contributed by atoms with E-state index >= 15 is 0 Å². The van der Waals surface area contributed by atoms with E-state index in [1.807, 2.05) is 4.98 Å². The summed E-state index contributed by atoms with van der Waals surface area (Å²) < 4.78 is 22.1. The second-order valence-corrected chi connectivity index (χ2v) is 7.65. The summed E-state index contributed by atoms with van der Waals surface area (Å²) in [4.78, 5) is 56.7. The highest BCUT2D eigenvalue weighted by molar-refractivity contribution is 7.53. The Hall–Kier alpha value is -2.15. The Kier molecular flexibility index (Phi) is 6.14. The van der Waals surface area contributed by atoms with Crippen molar-refractivity contribution in [2.75, 3.05) is 12.8 Å². The van der Waals surface area contributed by atoms with Crippen molar-refractivity contribution in [1.29, 1.82) is 0 Å². The van der Waals surface area contributed by atoms with E-state index in [1.165, 1.54) is 0 Å². The van der Waals surface area contributed by atoms with Gasteiger partial charge in [0.25, 0.3) is 5.56 Å². The van der Waals surface area contributed by atoms with Crippen LogP contribution in [0.25, 0.3) is 0 Å². The van der Waals surface area contributed by atoms with Crippen molar-refractivity contribution >= 4 is 19.3 Å². The first-order valence-electron chi connectivity index (χ1n) is 7.49. The van der Waals surface area contributed by atoms with E-state index in [0.717, 1.165) is 13.1 Å². The highest BCUT2D eigenvalue weighted by Gasteiger charge is 2.45. The van der Waals surface area contributed by atoms with Crippen LogP contribution in [-0.4, -0.2) is 72.6 Å². The number of carbonyl (C=O) groups excluding carboxylic acids is 1. The summed E-state index contributed by atoms with van der Waals surface area (Å²) >= 11 is 0. The molecule has 0 saturated carbocycles. The van der Waals surface area contributed by atoms with Gasteiger partial charge in [0.05, 0.1) is 12.2 Å². The molecule has 0 amide bonds. The number of hydrogen-bond acceptors (Lipinski definition) is 9. The number of aliphatic hydroxyl groups excluding tert-OH is 2. The Morgan fingerprint density at radius 3 is 2.52 bits per heavy atom. The third-order valence-corrected chi connectivity index (χ3v) is 4.96. The number of nitrogens with zero attached hydrogens (tertiary/aromatic N) is 1. The van der Waals surface area contributed by atoms with Crippen LogP contribution in [0.5, 0.6) is 0 Å². The minimum Gasteiger partial charge on any atom is -0.481 e. The molecule has 150 valence electrons. The minimum absolute atomic E-state index is 0.388. The number of ketones is 1. The molecule has 2 rings (SSSR count). The lowest BCUT2D eigenvalue weighted by Gasteiger charge is -2.18. The summed E-state index contributed by atoms with van der Waals surface area (Å²) in [5.74, 6) is -2.24. The van der Waals surface area contributed by atoms with Gasteiger partial charge in [0.2, 0.25) is 0 Å². The molecular formula is C13H17N2O11P. The van der Waals surface area contributed by atoms with Crippen LogP contribution in [0.1, 0.15) is 23.5 Å². The maximum Gasteiger partial charge on any atom is 0.339 e. The van der Waals surface area contributed by atoms with E-state index in [1.54, 1.807) is 0 Å². The zero-order chi connectivity index (χ0) is 20.5. The van der Waals surface area contributed by atoms with Gasteiger partial charge < -0.3 is 29.5 Å². The number of aromatic nitrogens is 2. The number of Topliss-reactive ketones (excluding diaryl/α,β-unsaturated/α-hetero) is 1. The summed E-state index contributed by atoms with van der Waals surface area (Å²) in [6.07, 6.45) is -6.62. The molecule has 1 aromatic rings. The molecule has 5 N–H and O–H groups in total. The molecule has 5 atom stereocenters. The van der Waals surface area contributed by atoms with Crippen molar-refractivity contribution in [1.82, 2.24) is 9.55 Å². The summed E-state index contributed by atoms with van der Waals surface area (Å²) in [7, 11) is -4.51. The molecule has 13 nitrogen and oxygen atoms in total. The summed E-state index contributed by atoms with van der Waals surface area (Å²) in [6.45, 7) is 0.325. The molecule has 0 spiro atoms. The standard InChI is InChI=1S/C13H17N2O11P/c1-5(16)6-2-15(13(22)14-11(6)21)12-10(20)9(19)7(26-12)3-25-27(23,24)4-8(17)18/h2,7,9-10,12,19-20H,3-4H2,1H3,(H,17,18)(H,23,24)(H,14,21,22)/t7-,9-,10+,12-/m1/s1. The quantitative estimate of drug-likeness (QED) is 0.238. The van der Waals surface area contributed by atoms with Crippen molar-refractivity contribution in [2.24, 2.45) is 0 Å². The topological polar surface area (TPSA) is 205 Å². The number of hydrogen-bond donors (Lipinski definition) is 5. The second-order valence-electron chi connectivity index (χ2n) is 5.80. The van der Waals surface area contributed by atoms with E-state index in [-0.39, 0.29) is 5.56 Å². The van der Waals surface area contributed by atoms with Gasteiger partial charge >= 0.3 is 19.3 Å². The number of H-pyrrole nitrogens is 1. The molecule has 1 unspecified atom stereocenters. The number of rotatable bonds is 7. The molecule has 0 aromatic carbocycles. The third-order valence-electron chi connectivity index (χ3n) is 3.73. The van der Waals surface area contributed by atoms with Crippen molar-refractivity contribution in [3.63, 3.8) is 0 Å². The molecule has 0 bridgehead atoms. The fraction of sp³-hybridized carbons (Fsp3) is 0.538. The molecule has 1 fully saturated rings. The van der Waals surface area contributed by atoms with Crippen LogP contribution in [0.3, 0.4) is 0 Å². The first-order chi connectivity index (χ1) is 12.4. The summed E-state index contributed by atoms with van der Waals surface area (Å²) in [5.41, 5.74) is -2.35. The monoisotopic (exact) mass is 408 g/mol. The molecule has 1 aromatic heterocycles. The molecule has 0 radical (unpaired) electrons. The molecule has 14 heteroatoms. The van der Waals surface area contributed by atoms with Gasteiger partial charge in [-0.1, -0.05) is 0 Å². The van der Waals surface area contributed by atoms with Gasteiger partial charge in [-0.15, -0.1) is 0 Å². The first-order valence-corrected chi connectivity index (χ1v) is 9.25. The predicted octanol–water partition coefficient (Wildman–Crippen LogP) is -2.35. The van der Waals surface area contributed by atoms with Crippen molar-refractivity contribution in [3.05, 3.63) is 32.6 Å². The average molecular weight is 408 g/mol. The van der Waals surface area contributed by atoms with Crippen LogP contribution >= 0.6 is 7.60 Å². The van der Waals surface area contributed by atoms with Gasteiger partial charge in [-0.2, -0.15) is 0 Å². The number of aromatic amines is 1. The van der Waals surface area contributed by atoms with Gasteiger partial charge in [0.1, 0.15) is 24.5 Å². The Balaban J connectivity index is 2.22. The smallest absolute Gasteiger partial charge is 0.339 e. The van der Waals surface area contributed by atoms with Crippen LogP contribution in [0.2, 0.25) is 0 Å². The number of carboxylic acids is 1. The van der Waals surface area contributed by atoms with Gasteiger partial charge in [0, 0.05) is 6.20 Å². The first kappa shape index (κ1) is 21.2. The van der Waals surface area contributed by atoms with Gasteiger partial charge in [-0.05, 0) is 6.92 Å². The summed E-state index contributed by atoms with van der Waals surface area (Å²) in [6, 6.07) is 0. The lowest BCUT2D eigenvalue weighted by Crippen LogP contribution is -2.39. The lowest BCUT2D eigenvalue weighted by molar-refractivity contribution is -0.134. The van der Waals surface area contributed by atoms with Crippen LogP contribution < -0.4 is 11.2 Å². The highest BCUT2D eigenvalue weighted by atomic mass is 31.2. The molecule has 0 aliphatic carbocycles. The minimum atomic E-state index is -4.51. The van der Waals surface area contributed by atoms with Crippen LogP contribution in [0.15, 0.2) is 15.8 Å². The molecule has 1 aliphatic rings. The van der Waals surface area contributed by atoms with Crippen molar-refractivity contribution in [3.8, 4) is 0 Å². The Labute approximate surface area is 150 Å². The van der Waals surface area contributed by atoms with E-state index in [2.05, 4.69) is 4.52 Å². The number of ether oxygens (including phenoxy) is 1. The highest BCUT2D eigenvalue weighted by Crippen LogP contribution is 2.42. The van der Waals surface area contributed by atoms with E-state index in [9.17, 15) is 38.8 Å². The Bertz CT molecular complexity index is 906. The zero-order valence-corrected chi connectivity index (χ0v) is 14.7. The fourth-order valence-corrected chi connectivity index (χ4v) is 3.24. The van der Waals surface area contributed by atoms with E-state index in [4.69, 9.17) is 9.84 Å².